The summed E-state index contributed by atoms with van der Waals surface area (Å²) in [5.41, 5.74) is 3.61. The average molecular weight is 330 g/mol. The van der Waals surface area contributed by atoms with E-state index in [9.17, 15) is 9.90 Å². The fourth-order valence-electron chi connectivity index (χ4n) is 2.93. The van der Waals surface area contributed by atoms with E-state index < -0.39 is 6.10 Å². The van der Waals surface area contributed by atoms with E-state index in [2.05, 4.69) is 10.2 Å². The molecular weight excluding hydrogens is 308 g/mol. The first kappa shape index (κ1) is 16.0. The number of rotatable bonds is 5. The summed E-state index contributed by atoms with van der Waals surface area (Å²) in [6, 6.07) is 7.89. The Balaban J connectivity index is 1.72. The fourth-order valence-corrected chi connectivity index (χ4v) is 3.64. The molecule has 122 valence electrons. The fraction of sp³-hybridized carbons (Fsp3) is 0.389. The van der Waals surface area contributed by atoms with Crippen LogP contribution in [0, 0.1) is 6.92 Å². The van der Waals surface area contributed by atoms with E-state index in [-0.39, 0.29) is 12.5 Å². The first-order valence-corrected chi connectivity index (χ1v) is 8.93. The average Bonchev–Trinajstić information content (AvgIpc) is 3.25. The molecule has 1 fully saturated rings. The second-order valence-corrected chi connectivity index (χ2v) is 6.78. The molecule has 1 amide bonds. The monoisotopic (exact) mass is 330 g/mol. The van der Waals surface area contributed by atoms with Gasteiger partial charge in [-0.3, -0.25) is 4.79 Å². The van der Waals surface area contributed by atoms with Gasteiger partial charge in [0, 0.05) is 25.3 Å². The molecule has 0 saturated carbocycles. The Kier molecular flexibility index (Phi) is 4.98. The van der Waals surface area contributed by atoms with Crippen molar-refractivity contribution < 1.29 is 9.90 Å². The van der Waals surface area contributed by atoms with Crippen molar-refractivity contribution in [2.24, 2.45) is 0 Å². The van der Waals surface area contributed by atoms with Crippen LogP contribution in [0.3, 0.4) is 0 Å². The summed E-state index contributed by atoms with van der Waals surface area (Å²) in [5.74, 6) is -0.120. The third-order valence-electron chi connectivity index (χ3n) is 4.23. The van der Waals surface area contributed by atoms with Gasteiger partial charge in [-0.2, -0.15) is 11.3 Å². The van der Waals surface area contributed by atoms with Crippen LogP contribution in [0.4, 0.5) is 5.69 Å². The van der Waals surface area contributed by atoms with Gasteiger partial charge in [0.15, 0.2) is 0 Å². The lowest BCUT2D eigenvalue weighted by Gasteiger charge is -2.22. The lowest BCUT2D eigenvalue weighted by molar-refractivity contribution is 0.0917. The molecule has 1 saturated heterocycles. The SMILES string of the molecule is Cc1ccc(N2CCCC2)c(C(=O)NC[C@H](O)c2ccsc2)c1. The van der Waals surface area contributed by atoms with Crippen LogP contribution in [-0.4, -0.2) is 30.6 Å². The molecule has 2 heterocycles. The minimum atomic E-state index is -0.662. The number of thiophene rings is 1. The van der Waals surface area contributed by atoms with E-state index in [1.807, 2.05) is 41.9 Å². The standard InChI is InChI=1S/C18H22N2O2S/c1-13-4-5-16(20-7-2-3-8-20)15(10-13)18(22)19-11-17(21)14-6-9-23-12-14/h4-6,9-10,12,17,21H,2-3,7-8,11H2,1H3,(H,19,22)/t17-/m0/s1. The van der Waals surface area contributed by atoms with Crippen LogP contribution in [0.2, 0.25) is 0 Å². The van der Waals surface area contributed by atoms with Crippen molar-refractivity contribution >= 4 is 22.9 Å². The van der Waals surface area contributed by atoms with Crippen molar-refractivity contribution in [1.82, 2.24) is 5.32 Å². The summed E-state index contributed by atoms with van der Waals surface area (Å²) in [7, 11) is 0. The van der Waals surface area contributed by atoms with E-state index in [1.165, 1.54) is 12.8 Å². The highest BCUT2D eigenvalue weighted by molar-refractivity contribution is 7.07. The predicted octanol–water partition coefficient (Wildman–Crippen LogP) is 3.12. The largest absolute Gasteiger partial charge is 0.387 e. The Morgan fingerprint density at radius 2 is 2.13 bits per heavy atom. The van der Waals surface area contributed by atoms with Gasteiger partial charge in [0.2, 0.25) is 0 Å². The highest BCUT2D eigenvalue weighted by atomic mass is 32.1. The van der Waals surface area contributed by atoms with E-state index in [0.717, 1.165) is 29.9 Å². The number of hydrogen-bond donors (Lipinski definition) is 2. The van der Waals surface area contributed by atoms with Crippen molar-refractivity contribution in [3.05, 3.63) is 51.7 Å². The molecule has 2 N–H and O–H groups in total. The summed E-state index contributed by atoms with van der Waals surface area (Å²) in [6.07, 6.45) is 1.68. The molecule has 0 unspecified atom stereocenters. The number of hydrogen-bond acceptors (Lipinski definition) is 4. The number of benzene rings is 1. The maximum absolute atomic E-state index is 12.6. The Labute approximate surface area is 140 Å². The van der Waals surface area contributed by atoms with Gasteiger partial charge in [0.1, 0.15) is 0 Å². The molecule has 4 nitrogen and oxygen atoms in total. The highest BCUT2D eigenvalue weighted by Crippen LogP contribution is 2.26. The molecule has 0 spiro atoms. The molecule has 0 aliphatic carbocycles. The summed E-state index contributed by atoms with van der Waals surface area (Å²) >= 11 is 1.54. The number of aryl methyl sites for hydroxylation is 1. The molecule has 23 heavy (non-hydrogen) atoms. The summed E-state index contributed by atoms with van der Waals surface area (Å²) in [5, 5.41) is 16.8. The van der Waals surface area contributed by atoms with Gasteiger partial charge in [-0.05, 0) is 54.3 Å². The molecule has 5 heteroatoms. The first-order valence-electron chi connectivity index (χ1n) is 7.99. The van der Waals surface area contributed by atoms with Crippen LogP contribution < -0.4 is 10.2 Å². The Bertz CT molecular complexity index is 664. The quantitative estimate of drug-likeness (QED) is 0.886. The number of aliphatic hydroxyl groups excluding tert-OH is 1. The minimum absolute atomic E-state index is 0.120. The van der Waals surface area contributed by atoms with Gasteiger partial charge >= 0.3 is 0 Å². The van der Waals surface area contributed by atoms with E-state index in [1.54, 1.807) is 11.3 Å². The van der Waals surface area contributed by atoms with Crippen LogP contribution in [0.1, 0.15) is 40.4 Å². The van der Waals surface area contributed by atoms with E-state index in [0.29, 0.717) is 5.56 Å². The van der Waals surface area contributed by atoms with Gasteiger partial charge in [0.25, 0.3) is 5.91 Å². The zero-order valence-corrected chi connectivity index (χ0v) is 14.1. The van der Waals surface area contributed by atoms with Gasteiger partial charge in [0.05, 0.1) is 11.7 Å². The Morgan fingerprint density at radius 3 is 2.83 bits per heavy atom. The molecule has 0 bridgehead atoms. The van der Waals surface area contributed by atoms with E-state index in [4.69, 9.17) is 0 Å². The molecule has 1 atom stereocenters. The zero-order chi connectivity index (χ0) is 16.2. The Hall–Kier alpha value is -1.85. The van der Waals surface area contributed by atoms with Gasteiger partial charge < -0.3 is 15.3 Å². The smallest absolute Gasteiger partial charge is 0.253 e. The zero-order valence-electron chi connectivity index (χ0n) is 13.3. The van der Waals surface area contributed by atoms with Gasteiger partial charge in [-0.15, -0.1) is 0 Å². The number of amides is 1. The molecule has 0 radical (unpaired) electrons. The number of aliphatic hydroxyl groups is 1. The van der Waals surface area contributed by atoms with Gasteiger partial charge in [-0.25, -0.2) is 0 Å². The summed E-state index contributed by atoms with van der Waals surface area (Å²) in [4.78, 5) is 14.9. The van der Waals surface area contributed by atoms with Crippen molar-refractivity contribution in [2.75, 3.05) is 24.5 Å². The maximum Gasteiger partial charge on any atom is 0.253 e. The van der Waals surface area contributed by atoms with Crippen molar-refractivity contribution in [2.45, 2.75) is 25.9 Å². The second-order valence-electron chi connectivity index (χ2n) is 6.00. The van der Waals surface area contributed by atoms with Crippen molar-refractivity contribution in [1.29, 1.82) is 0 Å². The van der Waals surface area contributed by atoms with Crippen LogP contribution in [0.5, 0.6) is 0 Å². The van der Waals surface area contributed by atoms with E-state index >= 15 is 0 Å². The lowest BCUT2D eigenvalue weighted by Crippen LogP contribution is -2.30. The summed E-state index contributed by atoms with van der Waals surface area (Å²) in [6.45, 7) is 4.22. The molecule has 2 aromatic rings. The molecule has 1 aliphatic heterocycles. The highest BCUT2D eigenvalue weighted by Gasteiger charge is 2.20. The van der Waals surface area contributed by atoms with Crippen LogP contribution in [0.25, 0.3) is 0 Å². The molecule has 3 rings (SSSR count). The number of carbonyl (C=O) groups is 1. The van der Waals surface area contributed by atoms with Crippen molar-refractivity contribution in [3.63, 3.8) is 0 Å². The Morgan fingerprint density at radius 1 is 1.35 bits per heavy atom. The molecule has 1 aliphatic rings. The van der Waals surface area contributed by atoms with Crippen molar-refractivity contribution in [3.8, 4) is 0 Å². The topological polar surface area (TPSA) is 52.6 Å². The number of anilines is 1. The van der Waals surface area contributed by atoms with Gasteiger partial charge in [-0.1, -0.05) is 11.6 Å². The lowest BCUT2D eigenvalue weighted by atomic mass is 10.1. The number of carbonyl (C=O) groups excluding carboxylic acids is 1. The van der Waals surface area contributed by atoms with Crippen LogP contribution in [0.15, 0.2) is 35.0 Å². The number of nitrogens with one attached hydrogen (secondary N) is 1. The van der Waals surface area contributed by atoms with Crippen LogP contribution in [-0.2, 0) is 0 Å². The first-order chi connectivity index (χ1) is 11.1. The second kappa shape index (κ2) is 7.15. The summed E-state index contributed by atoms with van der Waals surface area (Å²) < 4.78 is 0. The minimum Gasteiger partial charge on any atom is -0.387 e. The molecule has 1 aromatic carbocycles. The predicted molar refractivity (Wildman–Crippen MR) is 94.2 cm³/mol. The normalized spacial score (nSPS) is 15.7. The third-order valence-corrected chi connectivity index (χ3v) is 4.93. The molecular formula is C18H22N2O2S. The maximum atomic E-state index is 12.6. The van der Waals surface area contributed by atoms with Crippen LogP contribution >= 0.6 is 11.3 Å². The third kappa shape index (κ3) is 3.74. The number of nitrogens with zero attached hydrogens (tertiary/aromatic N) is 1. The molecule has 1 aromatic heterocycles.